The fourth-order valence-electron chi connectivity index (χ4n) is 2.60. The molecule has 3 aromatic rings. The highest BCUT2D eigenvalue weighted by molar-refractivity contribution is 5.94. The number of rotatable bonds is 11. The summed E-state index contributed by atoms with van der Waals surface area (Å²) in [6, 6.07) is 12.7. The Labute approximate surface area is 196 Å². The lowest BCUT2D eigenvalue weighted by atomic mass is 10.2. The number of nitrogens with one attached hydrogen (secondary N) is 2. The molecule has 0 atom stereocenters. The molecule has 10 nitrogen and oxygen atoms in total. The summed E-state index contributed by atoms with van der Waals surface area (Å²) < 4.78 is 16.4. The van der Waals surface area contributed by atoms with E-state index in [0.29, 0.717) is 35.7 Å². The van der Waals surface area contributed by atoms with Crippen molar-refractivity contribution in [2.45, 2.75) is 0 Å². The molecule has 0 fully saturated rings. The summed E-state index contributed by atoms with van der Waals surface area (Å²) in [6.07, 6.45) is 3.19. The minimum absolute atomic E-state index is 0.0131. The minimum atomic E-state index is -0.229. The zero-order valence-corrected chi connectivity index (χ0v) is 18.5. The molecule has 3 rings (SSSR count). The van der Waals surface area contributed by atoms with Gasteiger partial charge in [0.25, 0.3) is 11.8 Å². The van der Waals surface area contributed by atoms with E-state index in [9.17, 15) is 9.59 Å². The number of ether oxygens (including phenoxy) is 3. The number of carbonyl (C=O) groups is 2. The van der Waals surface area contributed by atoms with Crippen LogP contribution < -0.4 is 24.8 Å². The van der Waals surface area contributed by atoms with Crippen molar-refractivity contribution in [3.8, 4) is 29.5 Å². The number of benzene rings is 2. The first-order chi connectivity index (χ1) is 16.5. The van der Waals surface area contributed by atoms with Gasteiger partial charge >= 0.3 is 18.0 Å². The van der Waals surface area contributed by atoms with Crippen molar-refractivity contribution in [1.82, 2.24) is 25.6 Å². The van der Waals surface area contributed by atoms with Crippen LogP contribution in [-0.2, 0) is 0 Å². The third kappa shape index (κ3) is 6.63. The van der Waals surface area contributed by atoms with Gasteiger partial charge in [-0.2, -0.15) is 0 Å². The molecule has 0 unspecified atom stereocenters. The summed E-state index contributed by atoms with van der Waals surface area (Å²) in [5.41, 5.74) is 0.932. The zero-order valence-electron chi connectivity index (χ0n) is 18.5. The molecule has 2 aromatic carbocycles. The molecule has 2 amide bonds. The second-order valence-corrected chi connectivity index (χ2v) is 6.64. The molecule has 0 bridgehead atoms. The Morgan fingerprint density at radius 1 is 0.735 bits per heavy atom. The van der Waals surface area contributed by atoms with Gasteiger partial charge in [-0.05, 0) is 48.5 Å². The first-order valence-corrected chi connectivity index (χ1v) is 10.2. The maximum atomic E-state index is 12.0. The second kappa shape index (κ2) is 11.8. The molecule has 0 radical (unpaired) electrons. The molecule has 2 N–H and O–H groups in total. The van der Waals surface area contributed by atoms with Gasteiger partial charge in [-0.15, -0.1) is 28.1 Å². The number of nitrogens with zero attached hydrogens (tertiary/aromatic N) is 3. The molecular formula is C24H23N5O5. The van der Waals surface area contributed by atoms with Gasteiger partial charge in [0.15, 0.2) is 0 Å². The van der Waals surface area contributed by atoms with E-state index in [4.69, 9.17) is 14.2 Å². The topological polar surface area (TPSA) is 125 Å². The molecule has 1 aromatic heterocycles. The van der Waals surface area contributed by atoms with E-state index in [1.165, 1.54) is 7.11 Å². The third-order valence-corrected chi connectivity index (χ3v) is 4.22. The number of methoxy groups -OCH3 is 1. The number of hydrogen-bond donors (Lipinski definition) is 2. The number of carbonyl (C=O) groups excluding carboxylic acids is 2. The largest absolute Gasteiger partial charge is 0.467 e. The zero-order chi connectivity index (χ0) is 24.3. The second-order valence-electron chi connectivity index (χ2n) is 6.64. The van der Waals surface area contributed by atoms with Crippen LogP contribution in [0.4, 0.5) is 0 Å². The Bertz CT molecular complexity index is 1080. The summed E-state index contributed by atoms with van der Waals surface area (Å²) in [4.78, 5) is 36.2. The van der Waals surface area contributed by atoms with Crippen LogP contribution in [0.3, 0.4) is 0 Å². The standard InChI is InChI=1S/C24H23N5O5/c1-4-14-25-20(30)16-6-10-18(11-7-16)33-23-27-22(32-3)28-24(29-23)34-19-12-8-17(9-13-19)21(31)26-15-5-2/h4-13H,1-2,14-15H2,3H3,(H,25,30)(H,26,31). The van der Waals surface area contributed by atoms with Crippen LogP contribution >= 0.6 is 0 Å². The molecule has 34 heavy (non-hydrogen) atoms. The molecule has 0 saturated heterocycles. The monoisotopic (exact) mass is 461 g/mol. The van der Waals surface area contributed by atoms with Crippen molar-refractivity contribution in [2.24, 2.45) is 0 Å². The quantitative estimate of drug-likeness (QED) is 0.417. The van der Waals surface area contributed by atoms with Gasteiger partial charge in [-0.25, -0.2) is 0 Å². The van der Waals surface area contributed by atoms with E-state index in [-0.39, 0.29) is 29.8 Å². The molecule has 174 valence electrons. The van der Waals surface area contributed by atoms with E-state index in [1.54, 1.807) is 60.7 Å². The molecule has 0 spiro atoms. The lowest BCUT2D eigenvalue weighted by molar-refractivity contribution is 0.0950. The predicted molar refractivity (Wildman–Crippen MR) is 124 cm³/mol. The summed E-state index contributed by atoms with van der Waals surface area (Å²) in [5, 5.41) is 5.38. The van der Waals surface area contributed by atoms with Gasteiger partial charge in [-0.1, -0.05) is 12.2 Å². The minimum Gasteiger partial charge on any atom is -0.467 e. The van der Waals surface area contributed by atoms with Crippen LogP contribution in [0.1, 0.15) is 20.7 Å². The highest BCUT2D eigenvalue weighted by atomic mass is 16.5. The molecule has 0 aliphatic rings. The van der Waals surface area contributed by atoms with E-state index >= 15 is 0 Å². The predicted octanol–water partition coefficient (Wildman–Crippen LogP) is 3.30. The van der Waals surface area contributed by atoms with Crippen LogP contribution in [-0.4, -0.2) is 47.0 Å². The average Bonchev–Trinajstić information content (AvgIpc) is 2.86. The maximum Gasteiger partial charge on any atom is 0.331 e. The van der Waals surface area contributed by atoms with Crippen molar-refractivity contribution in [3.05, 3.63) is 85.0 Å². The Hall–Kier alpha value is -4.73. The van der Waals surface area contributed by atoms with E-state index in [0.717, 1.165) is 0 Å². The smallest absolute Gasteiger partial charge is 0.331 e. The average molecular weight is 461 g/mol. The Morgan fingerprint density at radius 3 is 1.47 bits per heavy atom. The molecule has 1 heterocycles. The van der Waals surface area contributed by atoms with Crippen molar-refractivity contribution >= 4 is 11.8 Å². The summed E-state index contributed by atoms with van der Waals surface area (Å²) in [6.45, 7) is 7.87. The Morgan fingerprint density at radius 2 is 1.12 bits per heavy atom. The van der Waals surface area contributed by atoms with Crippen LogP contribution in [0.25, 0.3) is 0 Å². The summed E-state index contributed by atoms with van der Waals surface area (Å²) >= 11 is 0. The van der Waals surface area contributed by atoms with Crippen molar-refractivity contribution in [3.63, 3.8) is 0 Å². The highest BCUT2D eigenvalue weighted by Gasteiger charge is 2.13. The van der Waals surface area contributed by atoms with E-state index in [2.05, 4.69) is 38.7 Å². The van der Waals surface area contributed by atoms with E-state index in [1.807, 2.05) is 0 Å². The summed E-state index contributed by atoms with van der Waals surface area (Å²) in [5.74, 6) is 0.338. The first-order valence-electron chi connectivity index (χ1n) is 10.2. The highest BCUT2D eigenvalue weighted by Crippen LogP contribution is 2.25. The van der Waals surface area contributed by atoms with Crippen molar-refractivity contribution < 1.29 is 23.8 Å². The molecule has 0 aliphatic carbocycles. The Kier molecular flexibility index (Phi) is 8.28. The lowest BCUT2D eigenvalue weighted by Gasteiger charge is -2.09. The number of amides is 2. The van der Waals surface area contributed by atoms with Crippen LogP contribution in [0, 0.1) is 0 Å². The van der Waals surface area contributed by atoms with Gasteiger partial charge in [-0.3, -0.25) is 9.59 Å². The van der Waals surface area contributed by atoms with Gasteiger partial charge in [0.1, 0.15) is 11.5 Å². The van der Waals surface area contributed by atoms with Crippen LogP contribution in [0.15, 0.2) is 73.8 Å². The van der Waals surface area contributed by atoms with Crippen molar-refractivity contribution in [2.75, 3.05) is 20.2 Å². The molecule has 10 heteroatoms. The number of aromatic nitrogens is 3. The SMILES string of the molecule is C=CCNC(=O)c1ccc(Oc2nc(OC)nc(Oc3ccc(C(=O)NCC=C)cc3)n2)cc1. The normalized spacial score (nSPS) is 10.0. The third-order valence-electron chi connectivity index (χ3n) is 4.22. The molecular weight excluding hydrogens is 438 g/mol. The Balaban J connectivity index is 1.71. The van der Waals surface area contributed by atoms with E-state index < -0.39 is 0 Å². The fourth-order valence-corrected chi connectivity index (χ4v) is 2.60. The van der Waals surface area contributed by atoms with Gasteiger partial charge in [0.05, 0.1) is 7.11 Å². The molecule has 0 saturated carbocycles. The lowest BCUT2D eigenvalue weighted by Crippen LogP contribution is -2.22. The fraction of sp³-hybridized carbons (Fsp3) is 0.125. The summed E-state index contributed by atoms with van der Waals surface area (Å²) in [7, 11) is 1.40. The van der Waals surface area contributed by atoms with Crippen LogP contribution in [0.2, 0.25) is 0 Å². The van der Waals surface area contributed by atoms with Gasteiger partial charge in [0, 0.05) is 24.2 Å². The van der Waals surface area contributed by atoms with Crippen LogP contribution in [0.5, 0.6) is 29.5 Å². The van der Waals surface area contributed by atoms with Crippen molar-refractivity contribution in [1.29, 1.82) is 0 Å². The first kappa shape index (κ1) is 23.9. The maximum absolute atomic E-state index is 12.0. The number of hydrogen-bond acceptors (Lipinski definition) is 8. The van der Waals surface area contributed by atoms with Gasteiger partial charge < -0.3 is 24.8 Å². The van der Waals surface area contributed by atoms with Gasteiger partial charge in [0.2, 0.25) is 0 Å². The molecule has 0 aliphatic heterocycles.